The van der Waals surface area contributed by atoms with Crippen molar-refractivity contribution in [3.05, 3.63) is 179 Å². The van der Waals surface area contributed by atoms with Gasteiger partial charge in [0.05, 0.1) is 63.7 Å². The summed E-state index contributed by atoms with van der Waals surface area (Å²) < 4.78 is 99.9. The number of rotatable bonds is 29. The molecule has 1 unspecified atom stereocenters. The Kier molecular flexibility index (Phi) is 26.2. The van der Waals surface area contributed by atoms with E-state index in [-0.39, 0.29) is 37.6 Å². The van der Waals surface area contributed by atoms with Crippen LogP contribution in [-0.4, -0.2) is 184 Å². The first-order valence-corrected chi connectivity index (χ1v) is 30.2. The quantitative estimate of drug-likeness (QED) is 0.0459. The average Bonchev–Trinajstić information content (AvgIpc) is 0.764. The molecule has 3 fully saturated rings. The summed E-state index contributed by atoms with van der Waals surface area (Å²) >= 11 is 0. The summed E-state index contributed by atoms with van der Waals surface area (Å²) in [4.78, 5) is 108. The van der Waals surface area contributed by atoms with E-state index in [0.717, 1.165) is 58.4 Å². The number of hydrogen-bond donors (Lipinski definition) is 2. The highest BCUT2D eigenvalue weighted by molar-refractivity contribution is 5.90. The lowest BCUT2D eigenvalue weighted by Gasteiger charge is -2.50. The highest BCUT2D eigenvalue weighted by Crippen LogP contribution is 2.40. The Balaban J connectivity index is 1.27. The van der Waals surface area contributed by atoms with Gasteiger partial charge in [0, 0.05) is 41.7 Å². The zero-order chi connectivity index (χ0) is 67.3. The van der Waals surface area contributed by atoms with Crippen LogP contribution < -0.4 is 5.32 Å². The topological polar surface area (TPSA) is 316 Å². The van der Waals surface area contributed by atoms with Gasteiger partial charge in [0.25, 0.3) is 5.79 Å². The van der Waals surface area contributed by atoms with Crippen molar-refractivity contribution in [2.24, 2.45) is 0 Å². The number of ether oxygens (including phenoxy) is 16. The van der Waals surface area contributed by atoms with Crippen LogP contribution >= 0.6 is 0 Å². The normalized spacial score (nSPS) is 26.4. The molecule has 0 spiro atoms. The predicted molar refractivity (Wildman–Crippen MR) is 324 cm³/mol. The van der Waals surface area contributed by atoms with Crippen LogP contribution in [0.15, 0.2) is 152 Å². The summed E-state index contributed by atoms with van der Waals surface area (Å²) in [6, 6.07) is 41.5. The Morgan fingerprint density at radius 2 is 1.06 bits per heavy atom. The van der Waals surface area contributed by atoms with Gasteiger partial charge in [-0.15, -0.1) is 0 Å². The van der Waals surface area contributed by atoms with Crippen molar-refractivity contribution in [2.45, 2.75) is 159 Å². The molecule has 3 aliphatic rings. The van der Waals surface area contributed by atoms with Crippen LogP contribution in [0.2, 0.25) is 0 Å². The number of hydrogen-bond acceptors (Lipinski definition) is 25. The second-order valence-corrected chi connectivity index (χ2v) is 22.1. The highest BCUT2D eigenvalue weighted by Gasteiger charge is 2.61. The van der Waals surface area contributed by atoms with Crippen molar-refractivity contribution in [3.63, 3.8) is 0 Å². The fraction of sp³-hybridized carbons (Fsp3) is 0.441. The minimum atomic E-state index is -2.87. The maximum atomic E-state index is 14.7. The van der Waals surface area contributed by atoms with Crippen LogP contribution in [0.4, 0.5) is 0 Å². The van der Waals surface area contributed by atoms with E-state index in [9.17, 15) is 43.5 Å². The van der Waals surface area contributed by atoms with Crippen molar-refractivity contribution >= 4 is 47.7 Å². The molecule has 3 saturated heterocycles. The fourth-order valence-electron chi connectivity index (χ4n) is 11.0. The summed E-state index contributed by atoms with van der Waals surface area (Å²) in [5.41, 5.74) is 2.31. The van der Waals surface area contributed by atoms with Gasteiger partial charge in [-0.1, -0.05) is 127 Å². The summed E-state index contributed by atoms with van der Waals surface area (Å²) in [6.45, 7) is 3.16. The predicted octanol–water partition coefficient (Wildman–Crippen LogP) is 5.21. The summed E-state index contributed by atoms with van der Waals surface area (Å²) in [5, 5.41) is 15.5. The van der Waals surface area contributed by atoms with E-state index in [2.05, 4.69) is 5.32 Å². The first-order chi connectivity index (χ1) is 45.3. The third kappa shape index (κ3) is 19.5. The van der Waals surface area contributed by atoms with Crippen LogP contribution in [0.25, 0.3) is 0 Å². The Labute approximate surface area is 542 Å². The monoisotopic (exact) mass is 1310 g/mol. The van der Waals surface area contributed by atoms with Crippen LogP contribution in [-0.2, 0) is 124 Å². The zero-order valence-electron chi connectivity index (χ0n) is 52.8. The number of amides is 1. The Hall–Kier alpha value is -8.54. The fourth-order valence-corrected chi connectivity index (χ4v) is 11.0. The molecule has 5 aromatic rings. The number of methoxy groups -OCH3 is 2. The molecule has 0 bridgehead atoms. The van der Waals surface area contributed by atoms with Crippen molar-refractivity contribution in [3.8, 4) is 0 Å². The van der Waals surface area contributed by atoms with E-state index in [4.69, 9.17) is 75.8 Å². The molecule has 0 aromatic heterocycles. The smallest absolute Gasteiger partial charge is 0.366 e. The lowest BCUT2D eigenvalue weighted by atomic mass is 9.87. The molecule has 26 nitrogen and oxygen atoms in total. The third-order valence-corrected chi connectivity index (χ3v) is 15.2. The minimum absolute atomic E-state index is 0.00563. The van der Waals surface area contributed by atoms with E-state index in [1.165, 1.54) is 31.4 Å². The number of carbonyl (C=O) groups is 8. The molecule has 0 saturated carbocycles. The van der Waals surface area contributed by atoms with Crippen molar-refractivity contribution < 1.29 is 119 Å². The molecule has 94 heavy (non-hydrogen) atoms. The van der Waals surface area contributed by atoms with E-state index in [0.29, 0.717) is 0 Å². The number of carbonyl (C=O) groups excluding carboxylic acids is 8. The van der Waals surface area contributed by atoms with E-state index < -0.39 is 165 Å². The average molecular weight is 1310 g/mol. The van der Waals surface area contributed by atoms with Crippen molar-refractivity contribution in [2.75, 3.05) is 34.0 Å². The van der Waals surface area contributed by atoms with Crippen LogP contribution in [0.3, 0.4) is 0 Å². The second-order valence-electron chi connectivity index (χ2n) is 22.1. The molecule has 2 N–H and O–H groups in total. The summed E-state index contributed by atoms with van der Waals surface area (Å²) in [5.74, 6) is -10.8. The van der Waals surface area contributed by atoms with Gasteiger partial charge < -0.3 is 86.2 Å². The van der Waals surface area contributed by atoms with E-state index >= 15 is 0 Å². The van der Waals surface area contributed by atoms with Gasteiger partial charge in [-0.3, -0.25) is 24.0 Å². The molecular weight excluding hydrogens is 1230 g/mol. The molecule has 16 atom stereocenters. The lowest BCUT2D eigenvalue weighted by Crippen LogP contribution is -2.70. The number of nitrogens with one attached hydrogen (secondary N) is 1. The molecule has 26 heteroatoms. The van der Waals surface area contributed by atoms with Gasteiger partial charge in [0.15, 0.2) is 37.0 Å². The molecule has 1 amide bonds. The number of aliphatic hydroxyl groups excluding tert-OH is 1. The standard InChI is InChI=1S/C68H77NO25/c1-40(70)69-54-50(86-42(3)72)33-68(67(78)80-7,94-58(54)56(88-44(5)74)53(87-43(4)73)38-82-41(2)71)85-39-51-55(75)59(91-63(76)48-29-19-11-20-30-48)62(92-64(77)49-31-21-12-22-32-49)66(89-51)93-57-52(37-81-34-45-23-13-8-14-24-45)90-65(79-6)61(84-36-47-27-17-10-18-28-47)60(57)83-35-46-25-15-9-16-26-46/h8-32,50-62,65-66,75H,33-39H2,1-7H3,(H,69,70)/t50-,51+,52+,53+,54+,55-,56+,57+,58+,59-,60-,61+,62+,65-,66-,68?/m0/s1. The second kappa shape index (κ2) is 34.6. The molecule has 3 aliphatic heterocycles. The maximum Gasteiger partial charge on any atom is 0.366 e. The lowest BCUT2D eigenvalue weighted by molar-refractivity contribution is -0.372. The SMILES string of the molecule is COC(=O)C1(OC[C@H]2O[C@@H](O[C@H]3[C@H](OCc4ccccc4)[C@@H](OCc4ccccc4)[C@@H](OC)O[C@@H]3COCc3ccccc3)[C@H](OC(=O)c3ccccc3)[C@@H](OC(=O)c3ccccc3)[C@H]2O)C[C@H](OC(C)=O)[C@@H](NC(C)=O)[C@H]([C@H](OC(C)=O)[C@@H](COC(C)=O)OC(C)=O)O1. The van der Waals surface area contributed by atoms with Gasteiger partial charge in [-0.2, -0.15) is 0 Å². The van der Waals surface area contributed by atoms with Gasteiger partial charge in [0.2, 0.25) is 5.91 Å². The maximum absolute atomic E-state index is 14.7. The molecule has 504 valence electrons. The third-order valence-electron chi connectivity index (χ3n) is 15.2. The molecule has 3 heterocycles. The van der Waals surface area contributed by atoms with Gasteiger partial charge in [-0.05, 0) is 41.0 Å². The van der Waals surface area contributed by atoms with Gasteiger partial charge in [-0.25, -0.2) is 14.4 Å². The van der Waals surface area contributed by atoms with Crippen molar-refractivity contribution in [1.29, 1.82) is 0 Å². The van der Waals surface area contributed by atoms with E-state index in [1.54, 1.807) is 36.4 Å². The minimum Gasteiger partial charge on any atom is -0.465 e. The zero-order valence-corrected chi connectivity index (χ0v) is 52.8. The van der Waals surface area contributed by atoms with E-state index in [1.807, 2.05) is 91.0 Å². The molecular formula is C68H77NO25. The number of esters is 7. The first kappa shape index (κ1) is 71.3. The Bertz CT molecular complexity index is 3270. The van der Waals surface area contributed by atoms with Crippen LogP contribution in [0, 0.1) is 0 Å². The Morgan fingerprint density at radius 1 is 0.553 bits per heavy atom. The Morgan fingerprint density at radius 3 is 1.56 bits per heavy atom. The van der Waals surface area contributed by atoms with Crippen LogP contribution in [0.5, 0.6) is 0 Å². The van der Waals surface area contributed by atoms with Gasteiger partial charge in [0.1, 0.15) is 55.4 Å². The first-order valence-electron chi connectivity index (χ1n) is 30.2. The largest absolute Gasteiger partial charge is 0.465 e. The van der Waals surface area contributed by atoms with Crippen LogP contribution in [0.1, 0.15) is 78.4 Å². The molecule has 5 aromatic carbocycles. The summed E-state index contributed by atoms with van der Waals surface area (Å²) in [6.07, 6.45) is -24.1. The molecule has 0 aliphatic carbocycles. The number of aliphatic hydroxyl groups is 1. The molecule has 0 radical (unpaired) electrons. The van der Waals surface area contributed by atoms with Crippen molar-refractivity contribution in [1.82, 2.24) is 5.32 Å². The molecule has 8 rings (SSSR count). The number of benzene rings is 5. The highest BCUT2D eigenvalue weighted by atomic mass is 16.8. The summed E-state index contributed by atoms with van der Waals surface area (Å²) in [7, 11) is 2.37. The van der Waals surface area contributed by atoms with Gasteiger partial charge >= 0.3 is 41.8 Å².